The van der Waals surface area contributed by atoms with E-state index in [0.717, 1.165) is 45.3 Å². The molecule has 6 nitrogen and oxygen atoms in total. The van der Waals surface area contributed by atoms with E-state index in [9.17, 15) is 5.11 Å². The number of benzene rings is 3. The highest BCUT2D eigenvalue weighted by molar-refractivity contribution is 6.10. The maximum absolute atomic E-state index is 10.7. The average Bonchev–Trinajstić information content (AvgIpc) is 3.28. The molecule has 0 amide bonds. The van der Waals surface area contributed by atoms with Gasteiger partial charge in [-0.3, -0.25) is 0 Å². The Balaban J connectivity index is 1.14. The normalized spacial score (nSPS) is 12.6. The third-order valence-electron chi connectivity index (χ3n) is 6.42. The summed E-state index contributed by atoms with van der Waals surface area (Å²) < 4.78 is 11.9. The van der Waals surface area contributed by atoms with Gasteiger partial charge in [-0.05, 0) is 68.7 Å². The van der Waals surface area contributed by atoms with Gasteiger partial charge in [-0.25, -0.2) is 4.98 Å². The van der Waals surface area contributed by atoms with Crippen molar-refractivity contribution in [2.24, 2.45) is 0 Å². The Kier molecular flexibility index (Phi) is 7.12. The molecule has 0 bridgehead atoms. The van der Waals surface area contributed by atoms with Crippen molar-refractivity contribution in [2.45, 2.75) is 38.8 Å². The maximum atomic E-state index is 10.7. The number of aromatic amines is 1. The van der Waals surface area contributed by atoms with Crippen molar-refractivity contribution in [2.75, 3.05) is 13.2 Å². The molecule has 5 rings (SSSR count). The summed E-state index contributed by atoms with van der Waals surface area (Å²) in [6.07, 6.45) is 1.95. The van der Waals surface area contributed by atoms with E-state index in [1.54, 1.807) is 6.20 Å². The zero-order valence-electron chi connectivity index (χ0n) is 21.5. The van der Waals surface area contributed by atoms with Crippen LogP contribution >= 0.6 is 0 Å². The van der Waals surface area contributed by atoms with Crippen LogP contribution in [-0.2, 0) is 6.42 Å². The number of β-amino-alcohol motifs (C(OH)–C–C–N with tert-alkyl or cyclic N) is 1. The summed E-state index contributed by atoms with van der Waals surface area (Å²) in [6.45, 7) is 6.90. The summed E-state index contributed by atoms with van der Waals surface area (Å²) in [4.78, 5) is 7.71. The van der Waals surface area contributed by atoms with Gasteiger partial charge in [0.2, 0.25) is 5.88 Å². The molecule has 0 aliphatic heterocycles. The van der Waals surface area contributed by atoms with Gasteiger partial charge in [0.05, 0.1) is 5.52 Å². The smallest absolute Gasteiger partial charge is 0.219 e. The number of H-pyrrole nitrogens is 1. The molecule has 0 spiro atoms. The molecule has 6 heteroatoms. The molecule has 2 heterocycles. The molecule has 3 aromatic carbocycles. The van der Waals surface area contributed by atoms with Crippen LogP contribution in [-0.4, -0.2) is 39.9 Å². The summed E-state index contributed by atoms with van der Waals surface area (Å²) in [5.74, 6) is 2.11. The minimum absolute atomic E-state index is 0.209. The number of aliphatic hydroxyl groups is 1. The van der Waals surface area contributed by atoms with Crippen LogP contribution in [0.5, 0.6) is 17.4 Å². The second-order valence-electron chi connectivity index (χ2n) is 10.2. The van der Waals surface area contributed by atoms with Crippen molar-refractivity contribution in [3.05, 3.63) is 96.2 Å². The van der Waals surface area contributed by atoms with Crippen molar-refractivity contribution in [3.8, 4) is 17.4 Å². The van der Waals surface area contributed by atoms with Gasteiger partial charge >= 0.3 is 0 Å². The number of hydrogen-bond donors (Lipinski definition) is 3. The summed E-state index contributed by atoms with van der Waals surface area (Å²) >= 11 is 0. The Morgan fingerprint density at radius 3 is 2.51 bits per heavy atom. The van der Waals surface area contributed by atoms with Gasteiger partial charge in [-0.1, -0.05) is 42.5 Å². The van der Waals surface area contributed by atoms with E-state index >= 15 is 0 Å². The number of aryl methyl sites for hydroxylation is 1. The maximum Gasteiger partial charge on any atom is 0.219 e. The molecular formula is C31H33N3O3. The second kappa shape index (κ2) is 10.6. The highest BCUT2D eigenvalue weighted by Gasteiger charge is 2.20. The van der Waals surface area contributed by atoms with E-state index in [1.807, 2.05) is 61.5 Å². The Labute approximate surface area is 217 Å². The van der Waals surface area contributed by atoms with Gasteiger partial charge < -0.3 is 24.9 Å². The number of hydrogen-bond acceptors (Lipinski definition) is 5. The average molecular weight is 496 g/mol. The van der Waals surface area contributed by atoms with Gasteiger partial charge in [0, 0.05) is 40.6 Å². The number of pyridine rings is 1. The number of aliphatic hydroxyl groups excluding tert-OH is 1. The van der Waals surface area contributed by atoms with Crippen molar-refractivity contribution < 1.29 is 14.6 Å². The second-order valence-corrected chi connectivity index (χ2v) is 10.2. The number of fused-ring (bicyclic) bond motifs is 3. The molecule has 37 heavy (non-hydrogen) atoms. The van der Waals surface area contributed by atoms with Gasteiger partial charge in [0.15, 0.2) is 0 Å². The first-order valence-corrected chi connectivity index (χ1v) is 12.6. The molecule has 0 aliphatic rings. The third-order valence-corrected chi connectivity index (χ3v) is 6.42. The monoisotopic (exact) mass is 495 g/mol. The molecule has 190 valence electrons. The molecule has 1 unspecified atom stereocenters. The van der Waals surface area contributed by atoms with Crippen LogP contribution in [0.1, 0.15) is 25.0 Å². The number of nitrogens with one attached hydrogen (secondary N) is 2. The van der Waals surface area contributed by atoms with Crippen LogP contribution in [0.25, 0.3) is 21.8 Å². The first kappa shape index (κ1) is 24.8. The number of nitrogens with zero attached hydrogens (tertiary/aromatic N) is 1. The quantitative estimate of drug-likeness (QED) is 0.216. The molecule has 0 saturated heterocycles. The van der Waals surface area contributed by atoms with Gasteiger partial charge in [0.1, 0.15) is 24.2 Å². The van der Waals surface area contributed by atoms with Crippen molar-refractivity contribution >= 4 is 21.8 Å². The molecular weight excluding hydrogens is 462 g/mol. The first-order chi connectivity index (χ1) is 17.9. The fraction of sp³-hybridized carbons (Fsp3) is 0.258. The van der Waals surface area contributed by atoms with E-state index in [1.165, 1.54) is 5.56 Å². The van der Waals surface area contributed by atoms with E-state index in [4.69, 9.17) is 9.47 Å². The summed E-state index contributed by atoms with van der Waals surface area (Å²) in [7, 11) is 0. The molecule has 0 fully saturated rings. The zero-order chi connectivity index (χ0) is 25.8. The van der Waals surface area contributed by atoms with Crippen molar-refractivity contribution in [1.82, 2.24) is 15.3 Å². The topological polar surface area (TPSA) is 79.4 Å². The first-order valence-electron chi connectivity index (χ1n) is 12.6. The van der Waals surface area contributed by atoms with Gasteiger partial charge in [0.25, 0.3) is 0 Å². The third kappa shape index (κ3) is 6.10. The molecule has 0 aliphatic carbocycles. The predicted molar refractivity (Wildman–Crippen MR) is 149 cm³/mol. The molecule has 2 aromatic heterocycles. The standard InChI is InChI=1S/C31H33N3O3/c1-21-11-16-29(32-18-21)37-24-14-12-22(13-15-24)17-31(2,3)33-19-23(35)20-36-28-10-6-9-27-30(28)25-7-4-5-8-26(25)34-27/h4-16,18,23,33-35H,17,19-20H2,1-3H3. The lowest BCUT2D eigenvalue weighted by Gasteiger charge is -2.28. The Hall–Kier alpha value is -3.87. The van der Waals surface area contributed by atoms with E-state index in [0.29, 0.717) is 12.4 Å². The number of aromatic nitrogens is 2. The van der Waals surface area contributed by atoms with E-state index < -0.39 is 6.10 Å². The Bertz CT molecular complexity index is 1470. The highest BCUT2D eigenvalue weighted by atomic mass is 16.5. The summed E-state index contributed by atoms with van der Waals surface area (Å²) in [5, 5.41) is 16.3. The molecule has 0 radical (unpaired) electrons. The predicted octanol–water partition coefficient (Wildman–Crippen LogP) is 6.17. The Morgan fingerprint density at radius 2 is 1.73 bits per heavy atom. The highest BCUT2D eigenvalue weighted by Crippen LogP contribution is 2.33. The SMILES string of the molecule is Cc1ccc(Oc2ccc(CC(C)(C)NCC(O)COc3cccc4[nH]c5ccccc5c34)cc2)nc1. The summed E-state index contributed by atoms with van der Waals surface area (Å²) in [5.41, 5.74) is 4.17. The molecule has 5 aromatic rings. The van der Waals surface area contributed by atoms with E-state index in [2.05, 4.69) is 53.4 Å². The molecule has 3 N–H and O–H groups in total. The summed E-state index contributed by atoms with van der Waals surface area (Å²) in [6, 6.07) is 26.0. The minimum Gasteiger partial charge on any atom is -0.490 e. The van der Waals surface area contributed by atoms with Crippen molar-refractivity contribution in [1.29, 1.82) is 0 Å². The number of ether oxygens (including phenoxy) is 2. The van der Waals surface area contributed by atoms with Crippen LogP contribution in [0.3, 0.4) is 0 Å². The number of rotatable bonds is 10. The number of para-hydroxylation sites is 1. The van der Waals surface area contributed by atoms with Crippen LogP contribution in [0, 0.1) is 6.92 Å². The van der Waals surface area contributed by atoms with Gasteiger partial charge in [-0.15, -0.1) is 0 Å². The van der Waals surface area contributed by atoms with Crippen LogP contribution in [0.15, 0.2) is 85.1 Å². The Morgan fingerprint density at radius 1 is 0.946 bits per heavy atom. The van der Waals surface area contributed by atoms with Crippen LogP contribution in [0.2, 0.25) is 0 Å². The lowest BCUT2D eigenvalue weighted by molar-refractivity contribution is 0.0996. The van der Waals surface area contributed by atoms with Gasteiger partial charge in [-0.2, -0.15) is 0 Å². The van der Waals surface area contributed by atoms with E-state index in [-0.39, 0.29) is 12.1 Å². The largest absolute Gasteiger partial charge is 0.490 e. The minimum atomic E-state index is -0.641. The van der Waals surface area contributed by atoms with Crippen LogP contribution in [0.4, 0.5) is 0 Å². The lowest BCUT2D eigenvalue weighted by Crippen LogP contribution is -2.46. The lowest BCUT2D eigenvalue weighted by atomic mass is 9.94. The van der Waals surface area contributed by atoms with Crippen molar-refractivity contribution in [3.63, 3.8) is 0 Å². The van der Waals surface area contributed by atoms with Crippen LogP contribution < -0.4 is 14.8 Å². The molecule has 0 saturated carbocycles. The fourth-order valence-electron chi connectivity index (χ4n) is 4.51. The fourth-order valence-corrected chi connectivity index (χ4v) is 4.51. The molecule has 1 atom stereocenters. The zero-order valence-corrected chi connectivity index (χ0v) is 21.5.